The highest BCUT2D eigenvalue weighted by Crippen LogP contribution is 2.58. The minimum absolute atomic E-state index is 0.0357. The number of halogens is 2. The Labute approximate surface area is 137 Å². The highest BCUT2D eigenvalue weighted by Gasteiger charge is 2.59. The maximum atomic E-state index is 4.10. The van der Waals surface area contributed by atoms with Crippen molar-refractivity contribution >= 4 is 37.5 Å². The molecule has 3 rings (SSSR count). The van der Waals surface area contributed by atoms with Crippen LogP contribution in [0.3, 0.4) is 0 Å². The molecule has 4 heteroatoms. The molecule has 2 atom stereocenters. The Kier molecular flexibility index (Phi) is 3.35. The van der Waals surface area contributed by atoms with Gasteiger partial charge in [0.1, 0.15) is 0 Å². The highest BCUT2D eigenvalue weighted by molar-refractivity contribution is 9.13. The van der Waals surface area contributed by atoms with Gasteiger partial charge < -0.3 is 5.32 Å². The summed E-state index contributed by atoms with van der Waals surface area (Å²) >= 11 is 7.27. The smallest absolute Gasteiger partial charge is 0.0899 e. The molecule has 0 aliphatic carbocycles. The van der Waals surface area contributed by atoms with Crippen molar-refractivity contribution in [2.24, 2.45) is 5.41 Å². The quantitative estimate of drug-likeness (QED) is 0.722. The molecule has 1 aromatic carbocycles. The first-order valence-electron chi connectivity index (χ1n) is 6.93. The molecule has 108 valence electrons. The van der Waals surface area contributed by atoms with Crippen LogP contribution in [0.15, 0.2) is 33.7 Å². The third-order valence-corrected chi connectivity index (χ3v) is 7.10. The Bertz CT molecular complexity index is 582. The molecule has 1 N–H and O–H groups in total. The van der Waals surface area contributed by atoms with Crippen molar-refractivity contribution in [1.29, 1.82) is 0 Å². The zero-order valence-electron chi connectivity index (χ0n) is 12.1. The van der Waals surface area contributed by atoms with Gasteiger partial charge in [-0.05, 0) is 68.4 Å². The third kappa shape index (κ3) is 1.71. The summed E-state index contributed by atoms with van der Waals surface area (Å²) in [4.78, 5) is 2.42. The molecule has 2 nitrogen and oxygen atoms in total. The summed E-state index contributed by atoms with van der Waals surface area (Å²) in [7, 11) is 2.20. The number of nitrogens with zero attached hydrogens (tertiary/aromatic N) is 1. The predicted molar refractivity (Wildman–Crippen MR) is 92.2 cm³/mol. The molecule has 2 unspecified atom stereocenters. The highest BCUT2D eigenvalue weighted by atomic mass is 79.9. The van der Waals surface area contributed by atoms with Crippen molar-refractivity contribution in [3.63, 3.8) is 0 Å². The minimum atomic E-state index is 0.0357. The second-order valence-corrected chi connectivity index (χ2v) is 8.20. The lowest BCUT2D eigenvalue weighted by Crippen LogP contribution is -2.49. The van der Waals surface area contributed by atoms with Crippen LogP contribution in [0.4, 0.5) is 5.69 Å². The normalized spacial score (nSPS) is 28.9. The lowest BCUT2D eigenvalue weighted by Gasteiger charge is -2.43. The first kappa shape index (κ1) is 14.6. The van der Waals surface area contributed by atoms with Gasteiger partial charge >= 0.3 is 0 Å². The van der Waals surface area contributed by atoms with Gasteiger partial charge in [0.2, 0.25) is 0 Å². The van der Waals surface area contributed by atoms with Gasteiger partial charge in [-0.15, -0.1) is 6.58 Å². The van der Waals surface area contributed by atoms with Gasteiger partial charge in [-0.1, -0.05) is 19.9 Å². The van der Waals surface area contributed by atoms with E-state index in [9.17, 15) is 0 Å². The zero-order valence-corrected chi connectivity index (χ0v) is 15.3. The van der Waals surface area contributed by atoms with Crippen LogP contribution in [-0.2, 0) is 5.41 Å². The fourth-order valence-electron chi connectivity index (χ4n) is 3.90. The van der Waals surface area contributed by atoms with E-state index in [0.717, 1.165) is 21.9 Å². The Hall–Kier alpha value is -0.320. The number of benzene rings is 1. The summed E-state index contributed by atoms with van der Waals surface area (Å²) in [5.41, 5.74) is 2.77. The van der Waals surface area contributed by atoms with Crippen LogP contribution in [0.1, 0.15) is 25.8 Å². The minimum Gasteiger partial charge on any atom is -0.369 e. The van der Waals surface area contributed by atoms with E-state index in [4.69, 9.17) is 0 Å². The summed E-state index contributed by atoms with van der Waals surface area (Å²) in [6.07, 6.45) is 3.61. The Morgan fingerprint density at radius 2 is 2.05 bits per heavy atom. The van der Waals surface area contributed by atoms with Gasteiger partial charge in [-0.25, -0.2) is 0 Å². The lowest BCUT2D eigenvalue weighted by molar-refractivity contribution is 0.178. The molecule has 2 aliphatic heterocycles. The van der Waals surface area contributed by atoms with Crippen LogP contribution in [0.25, 0.3) is 0 Å². The van der Waals surface area contributed by atoms with E-state index in [1.165, 1.54) is 11.3 Å². The summed E-state index contributed by atoms with van der Waals surface area (Å²) in [5, 5.41) is 3.72. The molecule has 1 aromatic rings. The molecule has 1 saturated heterocycles. The maximum absolute atomic E-state index is 4.10. The monoisotopic (exact) mass is 398 g/mol. The summed E-state index contributed by atoms with van der Waals surface area (Å²) in [6.45, 7) is 9.82. The lowest BCUT2D eigenvalue weighted by atomic mass is 9.61. The SMILES string of the molecule is C=CC(C)(C)C12CCN(C)C1Nc1cc(Br)c(Br)cc12. The van der Waals surface area contributed by atoms with Crippen molar-refractivity contribution in [1.82, 2.24) is 4.90 Å². The first-order valence-corrected chi connectivity index (χ1v) is 8.52. The Balaban J connectivity index is 2.26. The molecule has 20 heavy (non-hydrogen) atoms. The Morgan fingerprint density at radius 3 is 2.70 bits per heavy atom. The zero-order chi connectivity index (χ0) is 14.7. The van der Waals surface area contributed by atoms with E-state index in [0.29, 0.717) is 6.17 Å². The van der Waals surface area contributed by atoms with Gasteiger partial charge in [-0.2, -0.15) is 0 Å². The van der Waals surface area contributed by atoms with Crippen LogP contribution in [0.2, 0.25) is 0 Å². The van der Waals surface area contributed by atoms with Crippen LogP contribution < -0.4 is 5.32 Å². The molecule has 2 heterocycles. The maximum Gasteiger partial charge on any atom is 0.0899 e. The number of hydrogen-bond acceptors (Lipinski definition) is 2. The van der Waals surface area contributed by atoms with Gasteiger partial charge in [0.25, 0.3) is 0 Å². The molecule has 2 aliphatic rings. The number of likely N-dealkylation sites (N-methyl/N-ethyl adjacent to an activating group) is 1. The number of anilines is 1. The van der Waals surface area contributed by atoms with Crippen LogP contribution in [-0.4, -0.2) is 24.7 Å². The summed E-state index contributed by atoms with van der Waals surface area (Å²) < 4.78 is 2.21. The molecule has 0 aromatic heterocycles. The van der Waals surface area contributed by atoms with Crippen molar-refractivity contribution in [3.8, 4) is 0 Å². The van der Waals surface area contributed by atoms with E-state index < -0.39 is 0 Å². The molecular weight excluding hydrogens is 380 g/mol. The Morgan fingerprint density at radius 1 is 1.40 bits per heavy atom. The average Bonchev–Trinajstić information content (AvgIpc) is 2.88. The fraction of sp³-hybridized carbons (Fsp3) is 0.500. The number of allylic oxidation sites excluding steroid dienone is 1. The van der Waals surface area contributed by atoms with E-state index in [1.807, 2.05) is 0 Å². The fourth-order valence-corrected chi connectivity index (χ4v) is 4.58. The number of hydrogen-bond donors (Lipinski definition) is 1. The molecule has 0 saturated carbocycles. The van der Waals surface area contributed by atoms with Gasteiger partial charge in [-0.3, -0.25) is 4.90 Å². The second-order valence-electron chi connectivity index (χ2n) is 6.49. The number of likely N-dealkylation sites (tertiary alicyclic amines) is 1. The van der Waals surface area contributed by atoms with Crippen LogP contribution in [0, 0.1) is 5.41 Å². The van der Waals surface area contributed by atoms with Crippen molar-refractivity contribution in [2.45, 2.75) is 31.8 Å². The number of rotatable bonds is 2. The first-order chi connectivity index (χ1) is 9.33. The number of nitrogens with one attached hydrogen (secondary N) is 1. The molecule has 0 bridgehead atoms. The van der Waals surface area contributed by atoms with Crippen molar-refractivity contribution in [2.75, 3.05) is 18.9 Å². The third-order valence-electron chi connectivity index (χ3n) is 5.26. The standard InChI is InChI=1S/C16H20Br2N2/c1-5-15(2,3)16-6-7-20(4)14(16)19-13-9-12(18)11(17)8-10(13)16/h5,8-9,14,19H,1,6-7H2,2-4H3. The summed E-state index contributed by atoms with van der Waals surface area (Å²) in [6, 6.07) is 4.46. The predicted octanol–water partition coefficient (Wildman–Crippen LogP) is 4.75. The van der Waals surface area contributed by atoms with Gasteiger partial charge in [0.05, 0.1) is 6.17 Å². The van der Waals surface area contributed by atoms with Crippen molar-refractivity contribution < 1.29 is 0 Å². The molecule has 0 amide bonds. The topological polar surface area (TPSA) is 15.3 Å². The van der Waals surface area contributed by atoms with Crippen molar-refractivity contribution in [3.05, 3.63) is 39.3 Å². The molecule has 0 radical (unpaired) electrons. The molecular formula is C16H20Br2N2. The van der Waals surface area contributed by atoms with Gasteiger partial charge in [0, 0.05) is 26.6 Å². The van der Waals surface area contributed by atoms with E-state index >= 15 is 0 Å². The largest absolute Gasteiger partial charge is 0.369 e. The van der Waals surface area contributed by atoms with Crippen LogP contribution in [0.5, 0.6) is 0 Å². The van der Waals surface area contributed by atoms with E-state index in [2.05, 4.69) is 87.8 Å². The average molecular weight is 400 g/mol. The van der Waals surface area contributed by atoms with E-state index in [-0.39, 0.29) is 10.8 Å². The second kappa shape index (κ2) is 4.59. The van der Waals surface area contributed by atoms with Gasteiger partial charge in [0.15, 0.2) is 0 Å². The van der Waals surface area contributed by atoms with Crippen LogP contribution >= 0.6 is 31.9 Å². The molecule has 0 spiro atoms. The summed E-state index contributed by atoms with van der Waals surface area (Å²) in [5.74, 6) is 0. The number of fused-ring (bicyclic) bond motifs is 3. The molecule has 1 fully saturated rings. The van der Waals surface area contributed by atoms with E-state index in [1.54, 1.807) is 0 Å².